The second-order valence-electron chi connectivity index (χ2n) is 5.36. The van der Waals surface area contributed by atoms with Gasteiger partial charge >= 0.3 is 0 Å². The van der Waals surface area contributed by atoms with Gasteiger partial charge in [-0.25, -0.2) is 4.98 Å². The van der Waals surface area contributed by atoms with Crippen molar-refractivity contribution in [3.05, 3.63) is 29.3 Å². The number of aromatic nitrogens is 1. The van der Waals surface area contributed by atoms with Crippen molar-refractivity contribution in [2.24, 2.45) is 5.92 Å². The molecule has 1 amide bonds. The first-order valence-electron chi connectivity index (χ1n) is 6.72. The van der Waals surface area contributed by atoms with Gasteiger partial charge in [0.2, 0.25) is 11.2 Å². The van der Waals surface area contributed by atoms with Crippen molar-refractivity contribution in [2.45, 2.75) is 31.7 Å². The minimum atomic E-state index is -0.565. The maximum absolute atomic E-state index is 13.2. The van der Waals surface area contributed by atoms with E-state index in [0.717, 1.165) is 12.8 Å². The zero-order valence-electron chi connectivity index (χ0n) is 10.8. The molecule has 106 valence electrons. The lowest BCUT2D eigenvalue weighted by Crippen LogP contribution is -2.47. The molecule has 2 aliphatic rings. The Morgan fingerprint density at radius 2 is 2.15 bits per heavy atom. The SMILES string of the molecule is O=C(Cl)[C@@H]1CC[C@H]2CCc3nc(F)ccc3C(=O)N2C1. The Labute approximate surface area is 120 Å². The van der Waals surface area contributed by atoms with Gasteiger partial charge in [0.05, 0.1) is 17.2 Å². The number of pyridine rings is 1. The summed E-state index contributed by atoms with van der Waals surface area (Å²) in [5.74, 6) is -1.03. The number of hydrogen-bond acceptors (Lipinski definition) is 3. The normalized spacial score (nSPS) is 25.7. The Hall–Kier alpha value is -1.49. The fourth-order valence-electron chi connectivity index (χ4n) is 3.08. The number of nitrogens with zero attached hydrogens (tertiary/aromatic N) is 2. The van der Waals surface area contributed by atoms with Crippen molar-refractivity contribution in [3.63, 3.8) is 0 Å². The molecule has 0 N–H and O–H groups in total. The molecule has 2 aliphatic heterocycles. The van der Waals surface area contributed by atoms with Crippen LogP contribution in [0.1, 0.15) is 35.3 Å². The van der Waals surface area contributed by atoms with Crippen molar-refractivity contribution >= 4 is 22.8 Å². The summed E-state index contributed by atoms with van der Waals surface area (Å²) in [6, 6.07) is 2.77. The largest absolute Gasteiger partial charge is 0.335 e. The summed E-state index contributed by atoms with van der Waals surface area (Å²) < 4.78 is 13.2. The first-order valence-corrected chi connectivity index (χ1v) is 7.10. The number of rotatable bonds is 1. The molecule has 0 bridgehead atoms. The van der Waals surface area contributed by atoms with Crippen LogP contribution in [0.4, 0.5) is 4.39 Å². The summed E-state index contributed by atoms with van der Waals surface area (Å²) in [5.41, 5.74) is 0.953. The van der Waals surface area contributed by atoms with Crippen molar-refractivity contribution in [1.29, 1.82) is 0 Å². The van der Waals surface area contributed by atoms with Gasteiger partial charge in [-0.15, -0.1) is 0 Å². The lowest BCUT2D eigenvalue weighted by atomic mass is 9.92. The third-order valence-electron chi connectivity index (χ3n) is 4.17. The molecule has 3 rings (SSSR count). The van der Waals surface area contributed by atoms with Crippen LogP contribution in [0.25, 0.3) is 0 Å². The van der Waals surface area contributed by atoms with E-state index < -0.39 is 11.2 Å². The van der Waals surface area contributed by atoms with Gasteiger partial charge < -0.3 is 4.90 Å². The number of fused-ring (bicyclic) bond motifs is 2. The second-order valence-corrected chi connectivity index (χ2v) is 5.73. The van der Waals surface area contributed by atoms with Crippen LogP contribution in [-0.4, -0.2) is 33.6 Å². The molecule has 1 aromatic rings. The maximum Gasteiger partial charge on any atom is 0.255 e. The zero-order valence-corrected chi connectivity index (χ0v) is 11.6. The fourth-order valence-corrected chi connectivity index (χ4v) is 3.26. The lowest BCUT2D eigenvalue weighted by Gasteiger charge is -2.37. The lowest BCUT2D eigenvalue weighted by molar-refractivity contribution is -0.116. The summed E-state index contributed by atoms with van der Waals surface area (Å²) in [4.78, 5) is 29.4. The standard InChI is InChI=1S/C14H14ClFN2O2/c15-13(19)8-1-2-9-3-5-11-10(4-6-12(16)17-11)14(20)18(9)7-8/h4,6,8-9H,1-3,5,7H2/t8-,9+/m1/s1. The van der Waals surface area contributed by atoms with Gasteiger partial charge in [0.25, 0.3) is 5.91 Å². The van der Waals surface area contributed by atoms with Gasteiger partial charge in [0, 0.05) is 12.6 Å². The van der Waals surface area contributed by atoms with E-state index in [2.05, 4.69) is 4.98 Å². The Morgan fingerprint density at radius 1 is 1.35 bits per heavy atom. The smallest absolute Gasteiger partial charge is 0.255 e. The van der Waals surface area contributed by atoms with Gasteiger partial charge in [-0.2, -0.15) is 4.39 Å². The van der Waals surface area contributed by atoms with Gasteiger partial charge in [-0.05, 0) is 49.4 Å². The van der Waals surface area contributed by atoms with E-state index in [1.807, 2.05) is 0 Å². The molecule has 0 unspecified atom stereocenters. The van der Waals surface area contributed by atoms with Crippen LogP contribution >= 0.6 is 11.6 Å². The Bertz CT molecular complexity index is 578. The third-order valence-corrected chi connectivity index (χ3v) is 4.48. The van der Waals surface area contributed by atoms with Crippen LogP contribution in [0.2, 0.25) is 0 Å². The number of carbonyl (C=O) groups excluding carboxylic acids is 2. The van der Waals surface area contributed by atoms with E-state index in [1.54, 1.807) is 4.90 Å². The Kier molecular flexibility index (Phi) is 3.46. The van der Waals surface area contributed by atoms with E-state index in [-0.39, 0.29) is 17.9 Å². The van der Waals surface area contributed by atoms with Gasteiger partial charge in [-0.3, -0.25) is 9.59 Å². The van der Waals surface area contributed by atoms with Crippen LogP contribution < -0.4 is 0 Å². The van der Waals surface area contributed by atoms with Gasteiger partial charge in [0.1, 0.15) is 0 Å². The highest BCUT2D eigenvalue weighted by molar-refractivity contribution is 6.64. The van der Waals surface area contributed by atoms with Crippen LogP contribution in [0.5, 0.6) is 0 Å². The molecule has 1 saturated heterocycles. The summed E-state index contributed by atoms with van der Waals surface area (Å²) in [5, 5.41) is -0.391. The molecule has 0 spiro atoms. The molecule has 2 atom stereocenters. The minimum absolute atomic E-state index is 0.0898. The summed E-state index contributed by atoms with van der Waals surface area (Å²) in [7, 11) is 0. The van der Waals surface area contributed by atoms with Crippen LogP contribution in [0.3, 0.4) is 0 Å². The van der Waals surface area contributed by atoms with E-state index in [1.165, 1.54) is 12.1 Å². The van der Waals surface area contributed by atoms with E-state index in [9.17, 15) is 14.0 Å². The third kappa shape index (κ3) is 2.30. The monoisotopic (exact) mass is 296 g/mol. The number of amides is 1. The fraction of sp³-hybridized carbons (Fsp3) is 0.500. The van der Waals surface area contributed by atoms with E-state index >= 15 is 0 Å². The van der Waals surface area contributed by atoms with Crippen LogP contribution in [0, 0.1) is 11.9 Å². The number of aryl methyl sites for hydroxylation is 1. The molecule has 4 nitrogen and oxygen atoms in total. The average Bonchev–Trinajstić information content (AvgIpc) is 2.56. The molecular weight excluding hydrogens is 283 g/mol. The Balaban J connectivity index is 1.93. The highest BCUT2D eigenvalue weighted by atomic mass is 35.5. The molecule has 0 aromatic carbocycles. The first-order chi connectivity index (χ1) is 9.56. The van der Waals surface area contributed by atoms with Crippen molar-refractivity contribution in [1.82, 2.24) is 9.88 Å². The van der Waals surface area contributed by atoms with Crippen molar-refractivity contribution in [3.8, 4) is 0 Å². The predicted octanol–water partition coefficient (Wildman–Crippen LogP) is 2.15. The maximum atomic E-state index is 13.2. The average molecular weight is 297 g/mol. The van der Waals surface area contributed by atoms with Crippen LogP contribution in [0.15, 0.2) is 12.1 Å². The first kappa shape index (κ1) is 13.5. The molecule has 1 fully saturated rings. The predicted molar refractivity (Wildman–Crippen MR) is 70.9 cm³/mol. The van der Waals surface area contributed by atoms with Gasteiger partial charge in [-0.1, -0.05) is 0 Å². The summed E-state index contributed by atoms with van der Waals surface area (Å²) >= 11 is 5.56. The molecule has 6 heteroatoms. The number of halogens is 2. The quantitative estimate of drug-likeness (QED) is 0.589. The van der Waals surface area contributed by atoms with E-state index in [4.69, 9.17) is 11.6 Å². The van der Waals surface area contributed by atoms with E-state index in [0.29, 0.717) is 30.6 Å². The zero-order chi connectivity index (χ0) is 14.3. The number of piperidine rings is 1. The number of hydrogen-bond donors (Lipinski definition) is 0. The molecule has 0 saturated carbocycles. The molecule has 1 aromatic heterocycles. The van der Waals surface area contributed by atoms with Crippen LogP contribution in [-0.2, 0) is 11.2 Å². The second kappa shape index (κ2) is 5.13. The molecule has 0 radical (unpaired) electrons. The molecule has 0 aliphatic carbocycles. The highest BCUT2D eigenvalue weighted by Gasteiger charge is 2.37. The van der Waals surface area contributed by atoms with Gasteiger partial charge in [0.15, 0.2) is 0 Å². The van der Waals surface area contributed by atoms with Crippen molar-refractivity contribution in [2.75, 3.05) is 6.54 Å². The summed E-state index contributed by atoms with van der Waals surface area (Å²) in [6.07, 6.45) is 2.79. The topological polar surface area (TPSA) is 50.3 Å². The Morgan fingerprint density at radius 3 is 2.90 bits per heavy atom. The molecule has 3 heterocycles. The molecular formula is C14H14ClFN2O2. The van der Waals surface area contributed by atoms with Crippen molar-refractivity contribution < 1.29 is 14.0 Å². The number of carbonyl (C=O) groups is 2. The highest BCUT2D eigenvalue weighted by Crippen LogP contribution is 2.31. The molecule has 20 heavy (non-hydrogen) atoms. The summed E-state index contributed by atoms with van der Waals surface area (Å²) in [6.45, 7) is 0.350. The minimum Gasteiger partial charge on any atom is -0.335 e.